The van der Waals surface area contributed by atoms with Crippen LogP contribution in [0.3, 0.4) is 0 Å². The molecule has 1 atom stereocenters. The zero-order valence-electron chi connectivity index (χ0n) is 12.6. The Morgan fingerprint density at radius 2 is 2.10 bits per heavy atom. The Labute approximate surface area is 126 Å². The van der Waals surface area contributed by atoms with Crippen molar-refractivity contribution < 1.29 is 13.9 Å². The molecule has 0 aliphatic heterocycles. The van der Waals surface area contributed by atoms with Crippen LogP contribution in [0.15, 0.2) is 16.5 Å². The van der Waals surface area contributed by atoms with Crippen LogP contribution in [0, 0.1) is 5.92 Å². The molecule has 1 rings (SSSR count). The van der Waals surface area contributed by atoms with Crippen LogP contribution in [-0.4, -0.2) is 37.6 Å². The third-order valence-electron chi connectivity index (χ3n) is 3.16. The third kappa shape index (κ3) is 5.53. The van der Waals surface area contributed by atoms with Crippen LogP contribution in [0.1, 0.15) is 36.6 Å². The molecule has 5 nitrogen and oxygen atoms in total. The highest BCUT2D eigenvalue weighted by Crippen LogP contribution is 2.12. The van der Waals surface area contributed by atoms with Gasteiger partial charge in [-0.25, -0.2) is 0 Å². The van der Waals surface area contributed by atoms with Crippen LogP contribution in [-0.2, 0) is 11.3 Å². The molecular formula is C14H25ClN2O3. The van der Waals surface area contributed by atoms with Crippen molar-refractivity contribution in [2.24, 2.45) is 11.7 Å². The van der Waals surface area contributed by atoms with Crippen LogP contribution < -0.4 is 5.73 Å². The van der Waals surface area contributed by atoms with Crippen LogP contribution in [0.4, 0.5) is 0 Å². The summed E-state index contributed by atoms with van der Waals surface area (Å²) in [6.45, 7) is 5.15. The van der Waals surface area contributed by atoms with Gasteiger partial charge in [-0.1, -0.05) is 13.8 Å². The van der Waals surface area contributed by atoms with Gasteiger partial charge in [-0.05, 0) is 24.5 Å². The van der Waals surface area contributed by atoms with Crippen LogP contribution >= 0.6 is 12.4 Å². The minimum atomic E-state index is -0.127. The molecule has 1 heterocycles. The van der Waals surface area contributed by atoms with Gasteiger partial charge in [0.05, 0.1) is 0 Å². The number of hydrogen-bond acceptors (Lipinski definition) is 4. The van der Waals surface area contributed by atoms with Crippen molar-refractivity contribution in [2.45, 2.75) is 32.9 Å². The second kappa shape index (κ2) is 9.00. The summed E-state index contributed by atoms with van der Waals surface area (Å²) in [6.07, 6.45) is 0.783. The SMILES string of the molecule is COCc1ccc(C(=O)N(C)CCC(N)C(C)C)o1.Cl. The first kappa shape index (κ1) is 19.0. The summed E-state index contributed by atoms with van der Waals surface area (Å²) in [4.78, 5) is 13.7. The van der Waals surface area contributed by atoms with Gasteiger partial charge in [0.1, 0.15) is 12.4 Å². The highest BCUT2D eigenvalue weighted by atomic mass is 35.5. The number of carbonyl (C=O) groups excluding carboxylic acids is 1. The number of methoxy groups -OCH3 is 1. The number of halogens is 1. The molecule has 0 fully saturated rings. The maximum absolute atomic E-state index is 12.1. The van der Waals surface area contributed by atoms with Gasteiger partial charge in [-0.2, -0.15) is 0 Å². The molecule has 1 aromatic heterocycles. The number of nitrogens with zero attached hydrogens (tertiary/aromatic N) is 1. The zero-order valence-corrected chi connectivity index (χ0v) is 13.4. The molecule has 0 saturated carbocycles. The van der Waals surface area contributed by atoms with Crippen molar-refractivity contribution in [3.8, 4) is 0 Å². The normalized spacial score (nSPS) is 12.1. The third-order valence-corrected chi connectivity index (χ3v) is 3.16. The fourth-order valence-electron chi connectivity index (χ4n) is 1.68. The zero-order chi connectivity index (χ0) is 14.4. The van der Waals surface area contributed by atoms with E-state index in [1.54, 1.807) is 31.2 Å². The van der Waals surface area contributed by atoms with Crippen LogP contribution in [0.25, 0.3) is 0 Å². The number of hydrogen-bond donors (Lipinski definition) is 1. The highest BCUT2D eigenvalue weighted by Gasteiger charge is 2.17. The molecular weight excluding hydrogens is 280 g/mol. The fraction of sp³-hybridized carbons (Fsp3) is 0.643. The van der Waals surface area contributed by atoms with E-state index in [-0.39, 0.29) is 24.4 Å². The lowest BCUT2D eigenvalue weighted by Crippen LogP contribution is -2.34. The number of carbonyl (C=O) groups is 1. The van der Waals surface area contributed by atoms with Gasteiger partial charge < -0.3 is 19.8 Å². The fourth-order valence-corrected chi connectivity index (χ4v) is 1.68. The smallest absolute Gasteiger partial charge is 0.289 e. The summed E-state index contributed by atoms with van der Waals surface area (Å²) < 4.78 is 10.4. The Morgan fingerprint density at radius 3 is 2.65 bits per heavy atom. The predicted octanol–water partition coefficient (Wildman–Crippen LogP) is 2.29. The van der Waals surface area contributed by atoms with Gasteiger partial charge in [-0.15, -0.1) is 12.4 Å². The molecule has 1 amide bonds. The number of ether oxygens (including phenoxy) is 1. The number of rotatable bonds is 7. The molecule has 20 heavy (non-hydrogen) atoms. The second-order valence-electron chi connectivity index (χ2n) is 5.12. The quantitative estimate of drug-likeness (QED) is 0.839. The van der Waals surface area contributed by atoms with E-state index in [4.69, 9.17) is 14.9 Å². The van der Waals surface area contributed by atoms with E-state index in [1.807, 2.05) is 0 Å². The van der Waals surface area contributed by atoms with Gasteiger partial charge in [0, 0.05) is 26.7 Å². The van der Waals surface area contributed by atoms with Crippen LogP contribution in [0.2, 0.25) is 0 Å². The van der Waals surface area contributed by atoms with E-state index in [0.29, 0.717) is 30.6 Å². The molecule has 0 bridgehead atoms. The predicted molar refractivity (Wildman–Crippen MR) is 81.1 cm³/mol. The van der Waals surface area contributed by atoms with Gasteiger partial charge in [0.2, 0.25) is 0 Å². The average Bonchev–Trinajstić information content (AvgIpc) is 2.83. The Morgan fingerprint density at radius 1 is 1.45 bits per heavy atom. The molecule has 1 unspecified atom stereocenters. The Bertz CT molecular complexity index is 407. The van der Waals surface area contributed by atoms with Crippen molar-refractivity contribution in [1.82, 2.24) is 4.90 Å². The first-order chi connectivity index (χ1) is 8.95. The average molecular weight is 305 g/mol. The molecule has 0 aliphatic carbocycles. The molecule has 0 saturated heterocycles. The Balaban J connectivity index is 0.00000361. The van der Waals surface area contributed by atoms with E-state index >= 15 is 0 Å². The van der Waals surface area contributed by atoms with Crippen LogP contribution in [0.5, 0.6) is 0 Å². The minimum absolute atomic E-state index is 0. The van der Waals surface area contributed by atoms with Crippen molar-refractivity contribution in [3.63, 3.8) is 0 Å². The molecule has 0 aromatic carbocycles. The Kier molecular flexibility index (Phi) is 8.53. The standard InChI is InChI=1S/C14H24N2O3.ClH/c1-10(2)12(15)7-8-16(3)14(17)13-6-5-11(19-13)9-18-4;/h5-6,10,12H,7-9,15H2,1-4H3;1H. The van der Waals surface area contributed by atoms with E-state index in [0.717, 1.165) is 6.42 Å². The lowest BCUT2D eigenvalue weighted by molar-refractivity contribution is 0.0750. The lowest BCUT2D eigenvalue weighted by Gasteiger charge is -2.20. The topological polar surface area (TPSA) is 68.7 Å². The first-order valence-corrected chi connectivity index (χ1v) is 6.54. The van der Waals surface area contributed by atoms with E-state index in [9.17, 15) is 4.79 Å². The minimum Gasteiger partial charge on any atom is -0.453 e. The molecule has 2 N–H and O–H groups in total. The lowest BCUT2D eigenvalue weighted by atomic mass is 10.0. The summed E-state index contributed by atoms with van der Waals surface area (Å²) in [5.74, 6) is 1.28. The summed E-state index contributed by atoms with van der Waals surface area (Å²) in [6, 6.07) is 3.54. The van der Waals surface area contributed by atoms with E-state index in [1.165, 1.54) is 0 Å². The molecule has 0 spiro atoms. The van der Waals surface area contributed by atoms with Gasteiger partial charge >= 0.3 is 0 Å². The van der Waals surface area contributed by atoms with Gasteiger partial charge in [-0.3, -0.25) is 4.79 Å². The van der Waals surface area contributed by atoms with Crippen molar-refractivity contribution in [3.05, 3.63) is 23.7 Å². The maximum atomic E-state index is 12.1. The van der Waals surface area contributed by atoms with Gasteiger partial charge in [0.25, 0.3) is 5.91 Å². The summed E-state index contributed by atoms with van der Waals surface area (Å²) in [7, 11) is 3.34. The first-order valence-electron chi connectivity index (χ1n) is 6.54. The van der Waals surface area contributed by atoms with Crippen molar-refractivity contribution in [2.75, 3.05) is 20.7 Å². The monoisotopic (exact) mass is 304 g/mol. The van der Waals surface area contributed by atoms with Crippen molar-refractivity contribution >= 4 is 18.3 Å². The summed E-state index contributed by atoms with van der Waals surface area (Å²) in [5.41, 5.74) is 5.97. The summed E-state index contributed by atoms with van der Waals surface area (Å²) >= 11 is 0. The van der Waals surface area contributed by atoms with Gasteiger partial charge in [0.15, 0.2) is 5.76 Å². The van der Waals surface area contributed by atoms with E-state index in [2.05, 4.69) is 13.8 Å². The number of amides is 1. The molecule has 0 radical (unpaired) electrons. The summed E-state index contributed by atoms with van der Waals surface area (Å²) in [5, 5.41) is 0. The molecule has 116 valence electrons. The number of furan rings is 1. The van der Waals surface area contributed by atoms with Crippen molar-refractivity contribution in [1.29, 1.82) is 0 Å². The van der Waals surface area contributed by atoms with E-state index < -0.39 is 0 Å². The number of nitrogens with two attached hydrogens (primary N) is 1. The maximum Gasteiger partial charge on any atom is 0.289 e. The Hall–Kier alpha value is -1.04. The molecule has 1 aromatic rings. The molecule has 6 heteroatoms. The molecule has 0 aliphatic rings. The largest absolute Gasteiger partial charge is 0.453 e. The highest BCUT2D eigenvalue weighted by molar-refractivity contribution is 5.91. The second-order valence-corrected chi connectivity index (χ2v) is 5.12.